The molecule has 0 fully saturated rings. The molecule has 150 valence electrons. The molecule has 7 nitrogen and oxygen atoms in total. The average molecular weight is 392 g/mol. The van der Waals surface area contributed by atoms with Crippen molar-refractivity contribution in [2.75, 3.05) is 24.9 Å². The molecule has 0 radical (unpaired) electrons. The number of carbonyl (C=O) groups is 1. The van der Waals surface area contributed by atoms with E-state index in [0.29, 0.717) is 28.9 Å². The lowest BCUT2D eigenvalue weighted by molar-refractivity contribution is 0.102. The number of para-hydroxylation sites is 1. The minimum atomic E-state index is -0.309. The zero-order chi connectivity index (χ0) is 20.8. The van der Waals surface area contributed by atoms with E-state index in [1.165, 1.54) is 12.4 Å². The summed E-state index contributed by atoms with van der Waals surface area (Å²) in [4.78, 5) is 21.1. The second-order valence-corrected chi connectivity index (χ2v) is 6.67. The van der Waals surface area contributed by atoms with E-state index in [2.05, 4.69) is 34.4 Å². The van der Waals surface area contributed by atoms with E-state index >= 15 is 0 Å². The van der Waals surface area contributed by atoms with Gasteiger partial charge in [-0.3, -0.25) is 4.79 Å². The summed E-state index contributed by atoms with van der Waals surface area (Å²) in [7, 11) is 3.18. The maximum absolute atomic E-state index is 12.6. The first-order valence-electron chi connectivity index (χ1n) is 9.23. The summed E-state index contributed by atoms with van der Waals surface area (Å²) in [6, 6.07) is 13.1. The predicted molar refractivity (Wildman–Crippen MR) is 113 cm³/mol. The smallest absolute Gasteiger partial charge is 0.275 e. The highest BCUT2D eigenvalue weighted by Crippen LogP contribution is 2.31. The van der Waals surface area contributed by atoms with Crippen LogP contribution in [-0.4, -0.2) is 30.1 Å². The van der Waals surface area contributed by atoms with Gasteiger partial charge in [0, 0.05) is 11.8 Å². The zero-order valence-corrected chi connectivity index (χ0v) is 16.9. The third-order valence-electron chi connectivity index (χ3n) is 4.38. The fourth-order valence-electron chi connectivity index (χ4n) is 2.86. The quantitative estimate of drug-likeness (QED) is 0.611. The molecule has 1 amide bonds. The molecule has 0 bridgehead atoms. The number of nitrogens with one attached hydrogen (secondary N) is 2. The monoisotopic (exact) mass is 392 g/mol. The number of aromatic nitrogens is 2. The Bertz CT molecular complexity index is 988. The van der Waals surface area contributed by atoms with Crippen molar-refractivity contribution in [2.24, 2.45) is 0 Å². The Morgan fingerprint density at radius 1 is 0.966 bits per heavy atom. The van der Waals surface area contributed by atoms with Gasteiger partial charge in [0.15, 0.2) is 0 Å². The summed E-state index contributed by atoms with van der Waals surface area (Å²) in [5.41, 5.74) is 2.76. The Morgan fingerprint density at radius 3 is 2.41 bits per heavy atom. The third-order valence-corrected chi connectivity index (χ3v) is 4.38. The van der Waals surface area contributed by atoms with E-state index in [4.69, 9.17) is 9.47 Å². The fourth-order valence-corrected chi connectivity index (χ4v) is 2.86. The predicted octanol–water partition coefficient (Wildman–Crippen LogP) is 4.61. The maximum atomic E-state index is 12.6. The molecule has 0 aliphatic rings. The standard InChI is InChI=1S/C22H24N4O3/c1-14(2)16-7-5-6-8-17(16)26-22(27)19-12-24-21(13-23-19)25-18-11-15(28-3)9-10-20(18)29-4/h5-14H,1-4H3,(H,24,25)(H,26,27). The Kier molecular flexibility index (Phi) is 6.29. The molecule has 3 rings (SSSR count). The second kappa shape index (κ2) is 9.05. The minimum Gasteiger partial charge on any atom is -0.497 e. The SMILES string of the molecule is COc1ccc(OC)c(Nc2cnc(C(=O)Nc3ccccc3C(C)C)cn2)c1. The molecule has 0 saturated carbocycles. The van der Waals surface area contributed by atoms with Crippen LogP contribution in [0.3, 0.4) is 0 Å². The van der Waals surface area contributed by atoms with Crippen molar-refractivity contribution >= 4 is 23.1 Å². The molecular formula is C22H24N4O3. The summed E-state index contributed by atoms with van der Waals surface area (Å²) >= 11 is 0. The summed E-state index contributed by atoms with van der Waals surface area (Å²) in [6.45, 7) is 4.16. The van der Waals surface area contributed by atoms with Crippen LogP contribution in [-0.2, 0) is 0 Å². The lowest BCUT2D eigenvalue weighted by Crippen LogP contribution is -2.15. The molecule has 1 aromatic heterocycles. The zero-order valence-electron chi connectivity index (χ0n) is 16.9. The third kappa shape index (κ3) is 4.82. The average Bonchev–Trinajstić information content (AvgIpc) is 2.74. The van der Waals surface area contributed by atoms with Gasteiger partial charge in [0.05, 0.1) is 32.3 Å². The van der Waals surface area contributed by atoms with Gasteiger partial charge >= 0.3 is 0 Å². The molecule has 0 unspecified atom stereocenters. The fraction of sp³-hybridized carbons (Fsp3) is 0.227. The van der Waals surface area contributed by atoms with Gasteiger partial charge in [-0.15, -0.1) is 0 Å². The number of amides is 1. The molecule has 29 heavy (non-hydrogen) atoms. The first kappa shape index (κ1) is 20.1. The molecule has 0 atom stereocenters. The number of hydrogen-bond acceptors (Lipinski definition) is 6. The van der Waals surface area contributed by atoms with Crippen molar-refractivity contribution in [2.45, 2.75) is 19.8 Å². The molecule has 3 aromatic rings. The summed E-state index contributed by atoms with van der Waals surface area (Å²) in [5, 5.41) is 6.04. The first-order valence-corrected chi connectivity index (χ1v) is 9.23. The minimum absolute atomic E-state index is 0.228. The highest BCUT2D eigenvalue weighted by atomic mass is 16.5. The van der Waals surface area contributed by atoms with Crippen molar-refractivity contribution in [3.63, 3.8) is 0 Å². The molecule has 0 aliphatic heterocycles. The summed E-state index contributed by atoms with van der Waals surface area (Å²) in [6.07, 6.45) is 2.94. The molecular weight excluding hydrogens is 368 g/mol. The number of nitrogens with zero attached hydrogens (tertiary/aromatic N) is 2. The van der Waals surface area contributed by atoms with Gasteiger partial charge in [-0.1, -0.05) is 32.0 Å². The largest absolute Gasteiger partial charge is 0.497 e. The molecule has 2 aromatic carbocycles. The lowest BCUT2D eigenvalue weighted by Gasteiger charge is -2.14. The van der Waals surface area contributed by atoms with E-state index < -0.39 is 0 Å². The normalized spacial score (nSPS) is 10.5. The Hall–Kier alpha value is -3.61. The Labute approximate surface area is 170 Å². The van der Waals surface area contributed by atoms with Crippen LogP contribution >= 0.6 is 0 Å². The molecule has 0 spiro atoms. The van der Waals surface area contributed by atoms with Gasteiger partial charge < -0.3 is 20.1 Å². The van der Waals surface area contributed by atoms with Gasteiger partial charge in [-0.25, -0.2) is 9.97 Å². The summed E-state index contributed by atoms with van der Waals surface area (Å²) in [5.74, 6) is 1.79. The number of carbonyl (C=O) groups excluding carboxylic acids is 1. The van der Waals surface area contributed by atoms with Crippen molar-refractivity contribution in [1.82, 2.24) is 9.97 Å². The molecule has 7 heteroatoms. The van der Waals surface area contributed by atoms with Crippen molar-refractivity contribution < 1.29 is 14.3 Å². The van der Waals surface area contributed by atoms with Gasteiger partial charge in [-0.05, 0) is 29.7 Å². The number of ether oxygens (including phenoxy) is 2. The van der Waals surface area contributed by atoms with Crippen LogP contribution < -0.4 is 20.1 Å². The van der Waals surface area contributed by atoms with Gasteiger partial charge in [0.1, 0.15) is 23.0 Å². The van der Waals surface area contributed by atoms with Crippen molar-refractivity contribution in [3.8, 4) is 11.5 Å². The molecule has 2 N–H and O–H groups in total. The van der Waals surface area contributed by atoms with Gasteiger partial charge in [-0.2, -0.15) is 0 Å². The number of methoxy groups -OCH3 is 2. The number of rotatable bonds is 7. The topological polar surface area (TPSA) is 85.4 Å². The number of hydrogen-bond donors (Lipinski definition) is 2. The van der Waals surface area contributed by atoms with Crippen LogP contribution in [0.4, 0.5) is 17.2 Å². The highest BCUT2D eigenvalue weighted by molar-refractivity contribution is 6.03. The van der Waals surface area contributed by atoms with E-state index in [0.717, 1.165) is 11.3 Å². The Morgan fingerprint density at radius 2 is 1.76 bits per heavy atom. The second-order valence-electron chi connectivity index (χ2n) is 6.67. The van der Waals surface area contributed by atoms with E-state index in [1.54, 1.807) is 32.4 Å². The number of anilines is 3. The van der Waals surface area contributed by atoms with Crippen LogP contribution in [0.25, 0.3) is 0 Å². The van der Waals surface area contributed by atoms with E-state index in [9.17, 15) is 4.79 Å². The molecule has 0 aliphatic carbocycles. The lowest BCUT2D eigenvalue weighted by atomic mass is 10.0. The number of benzene rings is 2. The van der Waals surface area contributed by atoms with Crippen molar-refractivity contribution in [3.05, 3.63) is 66.1 Å². The van der Waals surface area contributed by atoms with Gasteiger partial charge in [0.2, 0.25) is 0 Å². The van der Waals surface area contributed by atoms with Crippen LogP contribution in [0, 0.1) is 0 Å². The van der Waals surface area contributed by atoms with E-state index in [-0.39, 0.29) is 11.6 Å². The van der Waals surface area contributed by atoms with Crippen LogP contribution in [0.2, 0.25) is 0 Å². The molecule has 1 heterocycles. The van der Waals surface area contributed by atoms with Gasteiger partial charge in [0.25, 0.3) is 5.91 Å². The van der Waals surface area contributed by atoms with Crippen molar-refractivity contribution in [1.29, 1.82) is 0 Å². The molecule has 0 saturated heterocycles. The highest BCUT2D eigenvalue weighted by Gasteiger charge is 2.13. The summed E-state index contributed by atoms with van der Waals surface area (Å²) < 4.78 is 10.6. The van der Waals surface area contributed by atoms with Crippen LogP contribution in [0.1, 0.15) is 35.8 Å². The van der Waals surface area contributed by atoms with Crippen LogP contribution in [0.15, 0.2) is 54.9 Å². The first-order chi connectivity index (χ1) is 14.0. The van der Waals surface area contributed by atoms with E-state index in [1.807, 2.05) is 24.3 Å². The Balaban J connectivity index is 1.75. The maximum Gasteiger partial charge on any atom is 0.275 e. The van der Waals surface area contributed by atoms with Crippen LogP contribution in [0.5, 0.6) is 11.5 Å².